The van der Waals surface area contributed by atoms with Crippen LogP contribution >= 0.6 is 0 Å². The Hall–Kier alpha value is -2.48. The first-order valence-corrected chi connectivity index (χ1v) is 8.24. The molecule has 1 aliphatic heterocycles. The molecular formula is C21H22N2. The second-order valence-corrected chi connectivity index (χ2v) is 5.97. The summed E-state index contributed by atoms with van der Waals surface area (Å²) in [5.41, 5.74) is 18.1. The largest absolute Gasteiger partial charge is 0.493 e. The number of hydrogen-bond donors (Lipinski definition) is 0. The van der Waals surface area contributed by atoms with Crippen molar-refractivity contribution >= 4 is 11.4 Å². The van der Waals surface area contributed by atoms with E-state index in [0.29, 0.717) is 0 Å². The Morgan fingerprint density at radius 1 is 0.783 bits per heavy atom. The van der Waals surface area contributed by atoms with Gasteiger partial charge in [-0.05, 0) is 55.2 Å². The molecule has 23 heavy (non-hydrogen) atoms. The Morgan fingerprint density at radius 3 is 1.74 bits per heavy atom. The predicted octanol–water partition coefficient (Wildman–Crippen LogP) is 5.63. The summed E-state index contributed by atoms with van der Waals surface area (Å²) in [5.74, 6) is 0. The smallest absolute Gasteiger partial charge is 0.210 e. The fourth-order valence-corrected chi connectivity index (χ4v) is 2.99. The monoisotopic (exact) mass is 302 g/mol. The van der Waals surface area contributed by atoms with Gasteiger partial charge in [0, 0.05) is 22.8 Å². The van der Waals surface area contributed by atoms with Crippen LogP contribution in [0.3, 0.4) is 0 Å². The van der Waals surface area contributed by atoms with Gasteiger partial charge in [-0.3, -0.25) is 0 Å². The van der Waals surface area contributed by atoms with E-state index in [1.165, 1.54) is 15.8 Å². The highest BCUT2D eigenvalue weighted by atomic mass is 15.2. The third-order valence-corrected chi connectivity index (χ3v) is 4.46. The standard InChI is InChI=1S/C21H22N2/c1-4-16-6-10-18(11-7-16)20-14-15(3)21(23(20)22)19-12-8-17(5-2)9-13-19/h6-14H,4-5H2,1-3H3. The topological polar surface area (TPSA) is 25.3 Å². The summed E-state index contributed by atoms with van der Waals surface area (Å²) in [5, 5.41) is 0. The lowest BCUT2D eigenvalue weighted by atomic mass is 10.1. The number of rotatable bonds is 4. The molecule has 0 fully saturated rings. The maximum Gasteiger partial charge on any atom is 0.210 e. The van der Waals surface area contributed by atoms with Crippen LogP contribution in [0.5, 0.6) is 0 Å². The summed E-state index contributed by atoms with van der Waals surface area (Å²) < 4.78 is 1.32. The molecule has 2 aromatic carbocycles. The number of allylic oxidation sites excluding steroid dienone is 2. The van der Waals surface area contributed by atoms with Crippen LogP contribution in [0, 0.1) is 0 Å². The van der Waals surface area contributed by atoms with E-state index in [1.807, 2.05) is 13.0 Å². The molecule has 0 amide bonds. The molecule has 0 saturated carbocycles. The summed E-state index contributed by atoms with van der Waals surface area (Å²) in [6.07, 6.45) is 4.09. The molecule has 0 N–H and O–H groups in total. The van der Waals surface area contributed by atoms with Crippen LogP contribution in [0.1, 0.15) is 43.0 Å². The lowest BCUT2D eigenvalue weighted by Crippen LogP contribution is -2.02. The first-order chi connectivity index (χ1) is 11.1. The maximum atomic E-state index is 10.7. The first kappa shape index (κ1) is 15.4. The van der Waals surface area contributed by atoms with E-state index in [0.717, 1.165) is 40.9 Å². The van der Waals surface area contributed by atoms with Gasteiger partial charge < -0.3 is 5.53 Å². The van der Waals surface area contributed by atoms with Gasteiger partial charge in [0.2, 0.25) is 11.4 Å². The van der Waals surface area contributed by atoms with Crippen LogP contribution in [0.4, 0.5) is 0 Å². The van der Waals surface area contributed by atoms with Crippen LogP contribution in [0.2, 0.25) is 0 Å². The first-order valence-electron chi connectivity index (χ1n) is 8.24. The zero-order valence-electron chi connectivity index (χ0n) is 14.0. The molecule has 0 atom stereocenters. The minimum Gasteiger partial charge on any atom is -0.493 e. The molecule has 0 saturated heterocycles. The van der Waals surface area contributed by atoms with Crippen molar-refractivity contribution in [1.82, 2.24) is 0 Å². The number of hydrogen-bond acceptors (Lipinski definition) is 0. The van der Waals surface area contributed by atoms with Gasteiger partial charge in [0.25, 0.3) is 0 Å². The van der Waals surface area contributed by atoms with Crippen LogP contribution in [0.15, 0.2) is 60.2 Å². The summed E-state index contributed by atoms with van der Waals surface area (Å²) >= 11 is 0. The van der Waals surface area contributed by atoms with Crippen molar-refractivity contribution < 1.29 is 4.70 Å². The van der Waals surface area contributed by atoms with Crippen molar-refractivity contribution in [1.29, 1.82) is 0 Å². The molecule has 2 aromatic rings. The minimum absolute atomic E-state index is 0.833. The number of aryl methyl sites for hydroxylation is 2. The third kappa shape index (κ3) is 2.89. The van der Waals surface area contributed by atoms with E-state index in [1.54, 1.807) is 0 Å². The van der Waals surface area contributed by atoms with E-state index in [4.69, 9.17) is 0 Å². The van der Waals surface area contributed by atoms with Gasteiger partial charge in [-0.2, -0.15) is 0 Å². The van der Waals surface area contributed by atoms with Crippen LogP contribution in [-0.4, -0.2) is 4.70 Å². The molecule has 0 spiro atoms. The van der Waals surface area contributed by atoms with Crippen molar-refractivity contribution in [3.05, 3.63) is 88.0 Å². The number of benzene rings is 2. The highest BCUT2D eigenvalue weighted by molar-refractivity contribution is 5.77. The zero-order chi connectivity index (χ0) is 16.4. The Balaban J connectivity index is 1.91. The van der Waals surface area contributed by atoms with Crippen LogP contribution < -0.4 is 0 Å². The van der Waals surface area contributed by atoms with Crippen LogP contribution in [0.25, 0.3) is 16.9 Å². The Bertz CT molecular complexity index is 791. The van der Waals surface area contributed by atoms with E-state index in [2.05, 4.69) is 62.4 Å². The van der Waals surface area contributed by atoms with Gasteiger partial charge in [0.15, 0.2) is 0 Å². The van der Waals surface area contributed by atoms with Gasteiger partial charge in [-0.1, -0.05) is 38.1 Å². The minimum atomic E-state index is 0.833. The van der Waals surface area contributed by atoms with E-state index in [9.17, 15) is 5.53 Å². The lowest BCUT2D eigenvalue weighted by molar-refractivity contribution is -0.344. The summed E-state index contributed by atoms with van der Waals surface area (Å²) in [6.45, 7) is 6.33. The van der Waals surface area contributed by atoms with Crippen molar-refractivity contribution in [3.63, 3.8) is 0 Å². The molecule has 0 aliphatic carbocycles. The second-order valence-electron chi connectivity index (χ2n) is 5.97. The highest BCUT2D eigenvalue weighted by Gasteiger charge is 2.26. The fraction of sp³-hybridized carbons (Fsp3) is 0.238. The maximum absolute atomic E-state index is 10.7. The molecule has 0 radical (unpaired) electrons. The SMILES string of the molecule is CCc1ccc(C2=CC(C)=C(c3ccc(CC)cc3)[N+]2=[N-])cc1. The Labute approximate surface area is 138 Å². The van der Waals surface area contributed by atoms with Crippen molar-refractivity contribution in [2.45, 2.75) is 33.6 Å². The van der Waals surface area contributed by atoms with E-state index >= 15 is 0 Å². The van der Waals surface area contributed by atoms with Crippen LogP contribution in [-0.2, 0) is 12.8 Å². The Kier molecular flexibility index (Phi) is 4.24. The van der Waals surface area contributed by atoms with E-state index in [-0.39, 0.29) is 0 Å². The lowest BCUT2D eigenvalue weighted by Gasteiger charge is -2.09. The Morgan fingerprint density at radius 2 is 1.26 bits per heavy atom. The molecule has 1 heterocycles. The quantitative estimate of drug-likeness (QED) is 0.654. The fourth-order valence-electron chi connectivity index (χ4n) is 2.99. The molecule has 116 valence electrons. The summed E-state index contributed by atoms with van der Waals surface area (Å²) in [4.78, 5) is 0. The average molecular weight is 302 g/mol. The molecule has 0 unspecified atom stereocenters. The molecular weight excluding hydrogens is 280 g/mol. The average Bonchev–Trinajstić information content (AvgIpc) is 2.89. The molecule has 1 aliphatic rings. The molecule has 0 bridgehead atoms. The van der Waals surface area contributed by atoms with Gasteiger partial charge in [-0.25, -0.2) is 4.70 Å². The van der Waals surface area contributed by atoms with Gasteiger partial charge in [-0.15, -0.1) is 0 Å². The van der Waals surface area contributed by atoms with Crippen molar-refractivity contribution in [2.24, 2.45) is 0 Å². The summed E-state index contributed by atoms with van der Waals surface area (Å²) in [7, 11) is 0. The summed E-state index contributed by atoms with van der Waals surface area (Å²) in [6, 6.07) is 16.8. The normalized spacial score (nSPS) is 14.4. The molecule has 0 aromatic heterocycles. The van der Waals surface area contributed by atoms with Gasteiger partial charge in [0.1, 0.15) is 0 Å². The molecule has 2 heteroatoms. The van der Waals surface area contributed by atoms with Crippen molar-refractivity contribution in [3.8, 4) is 0 Å². The zero-order valence-corrected chi connectivity index (χ0v) is 14.0. The second kappa shape index (κ2) is 6.33. The predicted molar refractivity (Wildman–Crippen MR) is 95.8 cm³/mol. The van der Waals surface area contributed by atoms with Gasteiger partial charge in [0.05, 0.1) is 0 Å². The molecule has 3 rings (SSSR count). The van der Waals surface area contributed by atoms with E-state index < -0.39 is 0 Å². The highest BCUT2D eigenvalue weighted by Crippen LogP contribution is 2.35. The van der Waals surface area contributed by atoms with Gasteiger partial charge >= 0.3 is 0 Å². The molecule has 2 nitrogen and oxygen atoms in total. The van der Waals surface area contributed by atoms with Crippen molar-refractivity contribution in [2.75, 3.05) is 0 Å². The third-order valence-electron chi connectivity index (χ3n) is 4.46. The number of nitrogens with zero attached hydrogens (tertiary/aromatic N) is 2.